The predicted molar refractivity (Wildman–Crippen MR) is 145 cm³/mol. The molecule has 0 N–H and O–H groups in total. The minimum atomic E-state index is -1.13. The van der Waals surface area contributed by atoms with Gasteiger partial charge in [0.05, 0.1) is 0 Å². The molecule has 0 spiro atoms. The normalized spacial score (nSPS) is 21.7. The van der Waals surface area contributed by atoms with Gasteiger partial charge in [-0.05, 0) is 78.7 Å². The fourth-order valence-electron chi connectivity index (χ4n) is 6.09. The van der Waals surface area contributed by atoms with Crippen LogP contribution in [-0.4, -0.2) is 14.4 Å². The SMILES string of the molecule is [B]COc1ccc(-c2ccc(-c3ccc(C4=CCC(C5CCC(C)CC5)CC4)c(F)c3F)cc2)c(F)c1F. The molecule has 0 saturated heterocycles. The van der Waals surface area contributed by atoms with E-state index in [0.717, 1.165) is 36.7 Å². The molecule has 0 aromatic heterocycles. The molecule has 0 amide bonds. The van der Waals surface area contributed by atoms with Gasteiger partial charge >= 0.3 is 0 Å². The first kappa shape index (κ1) is 26.6. The summed E-state index contributed by atoms with van der Waals surface area (Å²) >= 11 is 0. The number of ether oxygens (including phenoxy) is 1. The monoisotopic (exact) mass is 518 g/mol. The summed E-state index contributed by atoms with van der Waals surface area (Å²) in [5, 5.41) is 0. The highest BCUT2D eigenvalue weighted by Crippen LogP contribution is 2.42. The molecule has 1 unspecified atom stereocenters. The van der Waals surface area contributed by atoms with E-state index in [4.69, 9.17) is 12.6 Å². The van der Waals surface area contributed by atoms with E-state index >= 15 is 8.78 Å². The molecule has 6 heteroatoms. The Bertz CT molecular complexity index is 1330. The minimum absolute atomic E-state index is 0.0331. The van der Waals surface area contributed by atoms with Gasteiger partial charge < -0.3 is 4.74 Å². The second kappa shape index (κ2) is 11.4. The van der Waals surface area contributed by atoms with E-state index in [1.165, 1.54) is 37.8 Å². The molecule has 0 aliphatic heterocycles. The molecular weight excluding hydrogens is 487 g/mol. The van der Waals surface area contributed by atoms with E-state index in [1.807, 2.05) is 0 Å². The Balaban J connectivity index is 1.33. The zero-order valence-electron chi connectivity index (χ0n) is 21.6. The fraction of sp³-hybridized carbons (Fsp3) is 0.375. The van der Waals surface area contributed by atoms with Crippen molar-refractivity contribution in [2.45, 2.75) is 51.9 Å². The molecule has 0 bridgehead atoms. The van der Waals surface area contributed by atoms with Gasteiger partial charge in [-0.25, -0.2) is 13.2 Å². The van der Waals surface area contributed by atoms with E-state index in [1.54, 1.807) is 36.4 Å². The zero-order chi connectivity index (χ0) is 26.8. The molecule has 196 valence electrons. The smallest absolute Gasteiger partial charge is 0.201 e. The van der Waals surface area contributed by atoms with Crippen molar-refractivity contribution in [3.05, 3.63) is 83.4 Å². The Morgan fingerprint density at radius 1 is 0.684 bits per heavy atom. The molecule has 1 fully saturated rings. The number of halogens is 4. The second-order valence-electron chi connectivity index (χ2n) is 10.7. The third-order valence-electron chi connectivity index (χ3n) is 8.40. The first-order chi connectivity index (χ1) is 18.4. The molecule has 1 atom stereocenters. The first-order valence-electron chi connectivity index (χ1n) is 13.5. The summed E-state index contributed by atoms with van der Waals surface area (Å²) in [6.45, 7) is 2.05. The highest BCUT2D eigenvalue weighted by atomic mass is 19.2. The van der Waals surface area contributed by atoms with Crippen LogP contribution in [0.5, 0.6) is 5.75 Å². The van der Waals surface area contributed by atoms with Crippen LogP contribution in [0.2, 0.25) is 0 Å². The fourth-order valence-corrected chi connectivity index (χ4v) is 6.09. The standard InChI is InChI=1S/C32H31BF4O/c1-19-2-4-20(5-3-19)21-6-8-22(9-7-21)25-14-15-26(30(35)29(25)34)23-10-12-24(13-11-23)27-16-17-28(38-18-33)32(37)31(27)36/h8,10-17,19-21H,2-7,9,18H2,1H3. The highest BCUT2D eigenvalue weighted by molar-refractivity contribution is 6.08. The maximum atomic E-state index is 15.2. The molecule has 2 aliphatic carbocycles. The maximum Gasteiger partial charge on any atom is 0.201 e. The molecule has 2 radical (unpaired) electrons. The molecule has 0 heterocycles. The van der Waals surface area contributed by atoms with Crippen LogP contribution in [0.3, 0.4) is 0 Å². The largest absolute Gasteiger partial charge is 0.500 e. The average Bonchev–Trinajstić information content (AvgIpc) is 2.94. The van der Waals surface area contributed by atoms with Crippen LogP contribution in [0.25, 0.3) is 27.8 Å². The average molecular weight is 518 g/mol. The van der Waals surface area contributed by atoms with Gasteiger partial charge in [-0.2, -0.15) is 4.39 Å². The summed E-state index contributed by atoms with van der Waals surface area (Å²) in [5.41, 5.74) is 2.22. The van der Waals surface area contributed by atoms with Crippen molar-refractivity contribution in [2.75, 3.05) is 6.51 Å². The van der Waals surface area contributed by atoms with Crippen molar-refractivity contribution in [1.29, 1.82) is 0 Å². The molecule has 1 nitrogen and oxygen atoms in total. The quantitative estimate of drug-likeness (QED) is 0.234. The van der Waals surface area contributed by atoms with E-state index in [9.17, 15) is 8.78 Å². The lowest BCUT2D eigenvalue weighted by Crippen LogP contribution is -2.22. The van der Waals surface area contributed by atoms with Crippen molar-refractivity contribution < 1.29 is 22.3 Å². The lowest BCUT2D eigenvalue weighted by atomic mass is 9.71. The Kier molecular flexibility index (Phi) is 7.97. The van der Waals surface area contributed by atoms with Crippen LogP contribution in [0.15, 0.2) is 54.6 Å². The van der Waals surface area contributed by atoms with E-state index in [2.05, 4.69) is 13.0 Å². The van der Waals surface area contributed by atoms with Gasteiger partial charge in [-0.1, -0.05) is 62.2 Å². The van der Waals surface area contributed by atoms with Crippen molar-refractivity contribution in [3.8, 4) is 28.0 Å². The molecule has 5 rings (SSSR count). The van der Waals surface area contributed by atoms with Crippen LogP contribution in [-0.2, 0) is 0 Å². The van der Waals surface area contributed by atoms with Gasteiger partial charge in [0.15, 0.2) is 23.2 Å². The van der Waals surface area contributed by atoms with Gasteiger partial charge in [0.25, 0.3) is 0 Å². The molecule has 3 aromatic rings. The minimum Gasteiger partial charge on any atom is -0.500 e. The Hall–Kier alpha value is -3.02. The summed E-state index contributed by atoms with van der Waals surface area (Å²) in [6, 6.07) is 12.2. The molecule has 1 saturated carbocycles. The highest BCUT2D eigenvalue weighted by Gasteiger charge is 2.28. The van der Waals surface area contributed by atoms with E-state index in [0.29, 0.717) is 22.6 Å². The van der Waals surface area contributed by atoms with Gasteiger partial charge in [0.1, 0.15) is 7.85 Å². The summed E-state index contributed by atoms with van der Waals surface area (Å²) in [5.74, 6) is -2.00. The van der Waals surface area contributed by atoms with Gasteiger partial charge in [-0.3, -0.25) is 0 Å². The topological polar surface area (TPSA) is 9.23 Å². The third-order valence-corrected chi connectivity index (χ3v) is 8.40. The van der Waals surface area contributed by atoms with Crippen LogP contribution in [0.1, 0.15) is 57.4 Å². The van der Waals surface area contributed by atoms with Crippen LogP contribution >= 0.6 is 0 Å². The van der Waals surface area contributed by atoms with Crippen molar-refractivity contribution in [2.24, 2.45) is 17.8 Å². The summed E-state index contributed by atoms with van der Waals surface area (Å²) in [7, 11) is 5.24. The molecule has 38 heavy (non-hydrogen) atoms. The van der Waals surface area contributed by atoms with Gasteiger partial charge in [0.2, 0.25) is 5.82 Å². The molecular formula is C32H31BF4O. The summed E-state index contributed by atoms with van der Waals surface area (Å²) in [4.78, 5) is 0. The van der Waals surface area contributed by atoms with Crippen molar-refractivity contribution >= 4 is 13.4 Å². The molecule has 3 aromatic carbocycles. The van der Waals surface area contributed by atoms with Crippen LogP contribution in [0, 0.1) is 41.0 Å². The lowest BCUT2D eigenvalue weighted by Gasteiger charge is -2.34. The summed E-state index contributed by atoms with van der Waals surface area (Å²) in [6.07, 6.45) is 9.96. The molecule has 2 aliphatic rings. The van der Waals surface area contributed by atoms with Gasteiger partial charge in [-0.15, -0.1) is 0 Å². The van der Waals surface area contributed by atoms with Gasteiger partial charge in [0, 0.05) is 23.2 Å². The number of hydrogen-bond acceptors (Lipinski definition) is 1. The Morgan fingerprint density at radius 2 is 1.24 bits per heavy atom. The van der Waals surface area contributed by atoms with Crippen LogP contribution in [0.4, 0.5) is 17.6 Å². The van der Waals surface area contributed by atoms with Crippen LogP contribution < -0.4 is 4.74 Å². The second-order valence-corrected chi connectivity index (χ2v) is 10.7. The zero-order valence-corrected chi connectivity index (χ0v) is 21.6. The number of rotatable bonds is 6. The van der Waals surface area contributed by atoms with E-state index in [-0.39, 0.29) is 23.4 Å². The maximum absolute atomic E-state index is 15.2. The lowest BCUT2D eigenvalue weighted by molar-refractivity contribution is 0.202. The van der Waals surface area contributed by atoms with Crippen molar-refractivity contribution in [3.63, 3.8) is 0 Å². The van der Waals surface area contributed by atoms with E-state index < -0.39 is 23.3 Å². The Labute approximate surface area is 223 Å². The number of hydrogen-bond donors (Lipinski definition) is 0. The first-order valence-corrected chi connectivity index (χ1v) is 13.5. The van der Waals surface area contributed by atoms with Crippen molar-refractivity contribution in [1.82, 2.24) is 0 Å². The number of benzene rings is 3. The summed E-state index contributed by atoms with van der Waals surface area (Å²) < 4.78 is 64.2. The number of allylic oxidation sites excluding steroid dienone is 2. The Morgan fingerprint density at radius 3 is 1.82 bits per heavy atom. The third kappa shape index (κ3) is 5.27. The predicted octanol–water partition coefficient (Wildman–Crippen LogP) is 9.09.